The van der Waals surface area contributed by atoms with Crippen LogP contribution in [0.15, 0.2) is 18.2 Å². The van der Waals surface area contributed by atoms with Crippen LogP contribution in [0.25, 0.3) is 0 Å². The van der Waals surface area contributed by atoms with E-state index in [1.54, 1.807) is 0 Å². The number of hydrogen-bond acceptors (Lipinski definition) is 2. The third-order valence-corrected chi connectivity index (χ3v) is 2.08. The van der Waals surface area contributed by atoms with E-state index in [1.807, 2.05) is 0 Å². The fourth-order valence-electron chi connectivity index (χ4n) is 1.42. The molecule has 1 aromatic carbocycles. The van der Waals surface area contributed by atoms with Crippen molar-refractivity contribution < 1.29 is 22.3 Å². The fourth-order valence-corrected chi connectivity index (χ4v) is 1.42. The quantitative estimate of drug-likeness (QED) is 0.820. The molecule has 90 valence electrons. The van der Waals surface area contributed by atoms with Gasteiger partial charge < -0.3 is 10.5 Å². The van der Waals surface area contributed by atoms with Crippen LogP contribution in [0.1, 0.15) is 17.2 Å². The minimum Gasteiger partial charge on any atom is -0.383 e. The largest absolute Gasteiger partial charge is 0.419 e. The maximum absolute atomic E-state index is 13.1. The van der Waals surface area contributed by atoms with E-state index in [0.717, 1.165) is 12.1 Å². The topological polar surface area (TPSA) is 35.2 Å². The van der Waals surface area contributed by atoms with Gasteiger partial charge in [0, 0.05) is 7.11 Å². The highest BCUT2D eigenvalue weighted by molar-refractivity contribution is 5.33. The molecule has 0 fully saturated rings. The van der Waals surface area contributed by atoms with Crippen LogP contribution in [0.2, 0.25) is 0 Å². The average molecular weight is 237 g/mol. The first-order valence-corrected chi connectivity index (χ1v) is 4.48. The molecule has 0 aliphatic heterocycles. The lowest BCUT2D eigenvalue weighted by Gasteiger charge is -2.18. The molecule has 0 spiro atoms. The molecule has 1 aromatic rings. The minimum atomic E-state index is -4.76. The van der Waals surface area contributed by atoms with Gasteiger partial charge >= 0.3 is 6.18 Å². The van der Waals surface area contributed by atoms with Crippen molar-refractivity contribution in [1.29, 1.82) is 0 Å². The Hall–Kier alpha value is -1.14. The van der Waals surface area contributed by atoms with Crippen molar-refractivity contribution in [2.24, 2.45) is 5.73 Å². The maximum Gasteiger partial charge on any atom is 0.419 e. The van der Waals surface area contributed by atoms with Crippen LogP contribution in [-0.4, -0.2) is 13.7 Å². The molecule has 16 heavy (non-hydrogen) atoms. The predicted molar refractivity (Wildman–Crippen MR) is 50.2 cm³/mol. The third kappa shape index (κ3) is 2.70. The van der Waals surface area contributed by atoms with Crippen molar-refractivity contribution in [3.8, 4) is 0 Å². The maximum atomic E-state index is 13.1. The van der Waals surface area contributed by atoms with Gasteiger partial charge in [0.15, 0.2) is 0 Å². The fraction of sp³-hybridized carbons (Fsp3) is 0.400. The molecule has 0 saturated heterocycles. The number of halogens is 4. The second kappa shape index (κ2) is 4.80. The summed E-state index contributed by atoms with van der Waals surface area (Å²) in [5.74, 6) is -1.32. The van der Waals surface area contributed by atoms with Crippen LogP contribution >= 0.6 is 0 Å². The van der Waals surface area contributed by atoms with E-state index in [1.165, 1.54) is 13.2 Å². The monoisotopic (exact) mass is 237 g/mol. The summed E-state index contributed by atoms with van der Waals surface area (Å²) in [5.41, 5.74) is 3.86. The van der Waals surface area contributed by atoms with Gasteiger partial charge in [-0.2, -0.15) is 13.2 Å². The molecular weight excluding hydrogens is 226 g/mol. The van der Waals surface area contributed by atoms with Crippen molar-refractivity contribution in [2.75, 3.05) is 13.7 Å². The van der Waals surface area contributed by atoms with Gasteiger partial charge in [0.1, 0.15) is 5.82 Å². The number of hydrogen-bond donors (Lipinski definition) is 1. The number of ether oxygens (including phenoxy) is 1. The summed E-state index contributed by atoms with van der Waals surface area (Å²) in [4.78, 5) is 0. The van der Waals surface area contributed by atoms with Crippen molar-refractivity contribution in [1.82, 2.24) is 0 Å². The molecule has 0 heterocycles. The number of rotatable bonds is 3. The summed E-state index contributed by atoms with van der Waals surface area (Å²) in [6.07, 6.45) is -4.76. The first kappa shape index (κ1) is 12.9. The molecule has 0 aliphatic rings. The Kier molecular flexibility index (Phi) is 3.88. The summed E-state index contributed by atoms with van der Waals surface area (Å²) in [5, 5.41) is 0. The molecule has 2 nitrogen and oxygen atoms in total. The normalized spacial score (nSPS) is 13.9. The van der Waals surface area contributed by atoms with Crippen LogP contribution in [0.4, 0.5) is 17.6 Å². The standard InChI is InChI=1S/C10H11F4NO/c1-16-5-8(15)6-3-2-4-7(11)9(6)10(12,13)14/h2-4,8H,5,15H2,1H3/t8-/m1/s1. The molecule has 6 heteroatoms. The van der Waals surface area contributed by atoms with E-state index in [9.17, 15) is 17.6 Å². The van der Waals surface area contributed by atoms with Gasteiger partial charge in [-0.3, -0.25) is 0 Å². The lowest BCUT2D eigenvalue weighted by Crippen LogP contribution is -2.22. The molecule has 0 saturated carbocycles. The number of alkyl halides is 3. The van der Waals surface area contributed by atoms with Crippen LogP contribution in [0.3, 0.4) is 0 Å². The SMILES string of the molecule is COC[C@@H](N)c1cccc(F)c1C(F)(F)F. The van der Waals surface area contributed by atoms with Gasteiger partial charge in [-0.25, -0.2) is 4.39 Å². The zero-order valence-electron chi connectivity index (χ0n) is 8.51. The lowest BCUT2D eigenvalue weighted by atomic mass is 10.0. The summed E-state index contributed by atoms with van der Waals surface area (Å²) < 4.78 is 55.5. The Morgan fingerprint density at radius 2 is 2.00 bits per heavy atom. The van der Waals surface area contributed by atoms with E-state index in [2.05, 4.69) is 4.74 Å². The molecule has 0 amide bonds. The first-order chi connectivity index (χ1) is 7.38. The van der Waals surface area contributed by atoms with Gasteiger partial charge in [0.25, 0.3) is 0 Å². The van der Waals surface area contributed by atoms with Gasteiger partial charge in [-0.15, -0.1) is 0 Å². The number of methoxy groups -OCH3 is 1. The zero-order valence-corrected chi connectivity index (χ0v) is 8.51. The summed E-state index contributed by atoms with van der Waals surface area (Å²) in [6.45, 7) is -0.105. The first-order valence-electron chi connectivity index (χ1n) is 4.48. The second-order valence-corrected chi connectivity index (χ2v) is 3.26. The van der Waals surface area contributed by atoms with Gasteiger partial charge in [-0.05, 0) is 11.6 Å². The van der Waals surface area contributed by atoms with Gasteiger partial charge in [0.05, 0.1) is 18.2 Å². The number of benzene rings is 1. The highest BCUT2D eigenvalue weighted by Crippen LogP contribution is 2.35. The lowest BCUT2D eigenvalue weighted by molar-refractivity contribution is -0.140. The van der Waals surface area contributed by atoms with E-state index in [-0.39, 0.29) is 12.2 Å². The summed E-state index contributed by atoms with van der Waals surface area (Å²) >= 11 is 0. The number of nitrogens with two attached hydrogens (primary N) is 1. The minimum absolute atomic E-state index is 0.105. The highest BCUT2D eigenvalue weighted by atomic mass is 19.4. The molecule has 1 rings (SSSR count). The van der Waals surface area contributed by atoms with Crippen molar-refractivity contribution in [3.05, 3.63) is 35.1 Å². The molecule has 0 bridgehead atoms. The van der Waals surface area contributed by atoms with E-state index in [4.69, 9.17) is 5.73 Å². The highest BCUT2D eigenvalue weighted by Gasteiger charge is 2.37. The van der Waals surface area contributed by atoms with E-state index in [0.29, 0.717) is 0 Å². The van der Waals surface area contributed by atoms with E-state index >= 15 is 0 Å². The smallest absolute Gasteiger partial charge is 0.383 e. The molecule has 0 aliphatic carbocycles. The molecule has 0 unspecified atom stereocenters. The van der Waals surface area contributed by atoms with Crippen molar-refractivity contribution in [3.63, 3.8) is 0 Å². The van der Waals surface area contributed by atoms with Crippen LogP contribution in [0, 0.1) is 5.82 Å². The molecule has 0 aromatic heterocycles. The van der Waals surface area contributed by atoms with Crippen molar-refractivity contribution in [2.45, 2.75) is 12.2 Å². The average Bonchev–Trinajstić information content (AvgIpc) is 2.15. The van der Waals surface area contributed by atoms with Crippen molar-refractivity contribution >= 4 is 0 Å². The molecule has 1 atom stereocenters. The van der Waals surface area contributed by atoms with Gasteiger partial charge in [-0.1, -0.05) is 12.1 Å². The van der Waals surface area contributed by atoms with Crippen LogP contribution in [-0.2, 0) is 10.9 Å². The van der Waals surface area contributed by atoms with Crippen LogP contribution < -0.4 is 5.73 Å². The van der Waals surface area contributed by atoms with Gasteiger partial charge in [0.2, 0.25) is 0 Å². The molecular formula is C10H11F4NO. The summed E-state index contributed by atoms with van der Waals surface area (Å²) in [7, 11) is 1.31. The summed E-state index contributed by atoms with van der Waals surface area (Å²) in [6, 6.07) is 2.09. The Morgan fingerprint density at radius 3 is 2.50 bits per heavy atom. The molecule has 2 N–H and O–H groups in total. The van der Waals surface area contributed by atoms with E-state index < -0.39 is 23.6 Å². The third-order valence-electron chi connectivity index (χ3n) is 2.08. The predicted octanol–water partition coefficient (Wildman–Crippen LogP) is 2.49. The Morgan fingerprint density at radius 1 is 1.38 bits per heavy atom. The zero-order chi connectivity index (χ0) is 12.3. The Labute approximate surface area is 90.0 Å². The Balaban J connectivity index is 3.23. The Bertz CT molecular complexity index is 364. The molecule has 0 radical (unpaired) electrons. The van der Waals surface area contributed by atoms with Crippen LogP contribution in [0.5, 0.6) is 0 Å². The second-order valence-electron chi connectivity index (χ2n) is 3.26.